The minimum absolute atomic E-state index is 0.0336. The molecule has 35 heavy (non-hydrogen) atoms. The van der Waals surface area contributed by atoms with Gasteiger partial charge in [-0.05, 0) is 60.5 Å². The number of amides is 1. The highest BCUT2D eigenvalue weighted by Gasteiger charge is 2.13. The van der Waals surface area contributed by atoms with Crippen LogP contribution < -0.4 is 14.9 Å². The zero-order chi connectivity index (χ0) is 24.8. The molecule has 0 aliphatic heterocycles. The van der Waals surface area contributed by atoms with E-state index in [0.717, 1.165) is 4.70 Å². The SMILES string of the molecule is CCOc1cc(/C=N\NC(=O)c2cc3cc([N+](=O)[O-])ccc3s2)ccc1OCc1cccc(F)c1. The summed E-state index contributed by atoms with van der Waals surface area (Å²) >= 11 is 1.22. The Morgan fingerprint density at radius 2 is 1.97 bits per heavy atom. The summed E-state index contributed by atoms with van der Waals surface area (Å²) < 4.78 is 25.6. The fraction of sp³-hybridized carbons (Fsp3) is 0.120. The zero-order valence-electron chi connectivity index (χ0n) is 18.6. The van der Waals surface area contributed by atoms with E-state index in [9.17, 15) is 19.3 Å². The lowest BCUT2D eigenvalue weighted by molar-refractivity contribution is -0.384. The van der Waals surface area contributed by atoms with Crippen molar-refractivity contribution in [3.8, 4) is 11.5 Å². The predicted molar refractivity (Wildman–Crippen MR) is 132 cm³/mol. The standard InChI is InChI=1S/C25H20FN3O5S/c1-2-33-22-11-16(6-8-21(22)34-15-17-4-3-5-19(26)10-17)14-27-28-25(30)24-13-18-12-20(29(31)32)7-9-23(18)35-24/h3-14H,2,15H2,1H3,(H,28,30)/b27-14-. The Morgan fingerprint density at radius 3 is 2.74 bits per heavy atom. The molecule has 0 bridgehead atoms. The summed E-state index contributed by atoms with van der Waals surface area (Å²) in [5.74, 6) is 0.230. The maximum absolute atomic E-state index is 13.4. The summed E-state index contributed by atoms with van der Waals surface area (Å²) in [6.07, 6.45) is 1.47. The van der Waals surface area contributed by atoms with Crippen LogP contribution in [0.2, 0.25) is 0 Å². The molecule has 0 saturated heterocycles. The molecular formula is C25H20FN3O5S. The number of fused-ring (bicyclic) bond motifs is 1. The first-order valence-electron chi connectivity index (χ1n) is 10.6. The monoisotopic (exact) mass is 493 g/mol. The molecule has 1 N–H and O–H groups in total. The number of nitro groups is 1. The van der Waals surface area contributed by atoms with Crippen molar-refractivity contribution in [1.82, 2.24) is 5.43 Å². The van der Waals surface area contributed by atoms with Gasteiger partial charge in [-0.25, -0.2) is 9.82 Å². The minimum atomic E-state index is -0.477. The number of hydrogen-bond acceptors (Lipinski definition) is 7. The quantitative estimate of drug-likeness (QED) is 0.183. The summed E-state index contributed by atoms with van der Waals surface area (Å²) in [6.45, 7) is 2.44. The number of carbonyl (C=O) groups is 1. The van der Waals surface area contributed by atoms with E-state index in [2.05, 4.69) is 10.5 Å². The number of rotatable bonds is 9. The molecule has 0 saturated carbocycles. The molecule has 3 aromatic carbocycles. The molecule has 178 valence electrons. The summed E-state index contributed by atoms with van der Waals surface area (Å²) in [7, 11) is 0. The van der Waals surface area contributed by atoms with Crippen LogP contribution in [0, 0.1) is 15.9 Å². The van der Waals surface area contributed by atoms with Gasteiger partial charge in [0.25, 0.3) is 11.6 Å². The highest BCUT2D eigenvalue weighted by atomic mass is 32.1. The molecule has 8 nitrogen and oxygen atoms in total. The average Bonchev–Trinajstić information content (AvgIpc) is 3.27. The van der Waals surface area contributed by atoms with E-state index < -0.39 is 10.8 Å². The molecule has 4 rings (SSSR count). The molecule has 0 spiro atoms. The highest BCUT2D eigenvalue weighted by molar-refractivity contribution is 7.20. The van der Waals surface area contributed by atoms with Gasteiger partial charge in [0.05, 0.1) is 22.6 Å². The molecule has 0 unspecified atom stereocenters. The van der Waals surface area contributed by atoms with Gasteiger partial charge < -0.3 is 9.47 Å². The van der Waals surface area contributed by atoms with Crippen LogP contribution in [0.1, 0.15) is 27.7 Å². The lowest BCUT2D eigenvalue weighted by Crippen LogP contribution is -2.16. The second kappa shape index (κ2) is 10.7. The van der Waals surface area contributed by atoms with Gasteiger partial charge in [-0.15, -0.1) is 11.3 Å². The van der Waals surface area contributed by atoms with Crippen LogP contribution in [0.5, 0.6) is 11.5 Å². The van der Waals surface area contributed by atoms with Crippen LogP contribution in [-0.2, 0) is 6.61 Å². The second-order valence-electron chi connectivity index (χ2n) is 7.35. The topological polar surface area (TPSA) is 103 Å². The van der Waals surface area contributed by atoms with E-state index in [1.165, 1.54) is 41.8 Å². The number of non-ortho nitro benzene ring substituents is 1. The van der Waals surface area contributed by atoms with Crippen molar-refractivity contribution in [2.24, 2.45) is 5.10 Å². The van der Waals surface area contributed by atoms with Gasteiger partial charge in [0.15, 0.2) is 11.5 Å². The number of nitrogens with zero attached hydrogens (tertiary/aromatic N) is 2. The summed E-state index contributed by atoms with van der Waals surface area (Å²) in [4.78, 5) is 23.3. The molecule has 4 aromatic rings. The normalized spacial score (nSPS) is 11.0. The predicted octanol–water partition coefficient (Wildman–Crippen LogP) is 5.69. The number of ether oxygens (including phenoxy) is 2. The number of nitro benzene ring substituents is 1. The molecule has 0 aliphatic carbocycles. The Balaban J connectivity index is 1.42. The Labute approximate surface area is 203 Å². The molecule has 1 aromatic heterocycles. The zero-order valence-corrected chi connectivity index (χ0v) is 19.4. The van der Waals surface area contributed by atoms with Crippen molar-refractivity contribution in [3.05, 3.63) is 98.7 Å². The van der Waals surface area contributed by atoms with Crippen LogP contribution in [-0.4, -0.2) is 23.7 Å². The lowest BCUT2D eigenvalue weighted by atomic mass is 10.2. The Kier molecular flexibility index (Phi) is 7.32. The average molecular weight is 494 g/mol. The third-order valence-corrected chi connectivity index (χ3v) is 5.98. The van der Waals surface area contributed by atoms with Gasteiger partial charge in [-0.2, -0.15) is 5.10 Å². The van der Waals surface area contributed by atoms with Gasteiger partial charge in [0, 0.05) is 22.2 Å². The molecule has 1 amide bonds. The first-order valence-corrected chi connectivity index (χ1v) is 11.4. The van der Waals surface area contributed by atoms with E-state index in [1.807, 2.05) is 6.92 Å². The highest BCUT2D eigenvalue weighted by Crippen LogP contribution is 2.30. The van der Waals surface area contributed by atoms with Crippen molar-refractivity contribution in [2.75, 3.05) is 6.61 Å². The maximum Gasteiger partial charge on any atom is 0.281 e. The fourth-order valence-corrected chi connectivity index (χ4v) is 4.19. The molecular weight excluding hydrogens is 473 g/mol. The minimum Gasteiger partial charge on any atom is -0.490 e. The molecule has 0 aliphatic rings. The van der Waals surface area contributed by atoms with Gasteiger partial charge in [0.1, 0.15) is 12.4 Å². The van der Waals surface area contributed by atoms with E-state index in [0.29, 0.717) is 39.5 Å². The van der Waals surface area contributed by atoms with Crippen LogP contribution >= 0.6 is 11.3 Å². The number of hydrazone groups is 1. The first kappa shape index (κ1) is 23.8. The van der Waals surface area contributed by atoms with Crippen molar-refractivity contribution in [2.45, 2.75) is 13.5 Å². The molecule has 0 fully saturated rings. The molecule has 0 atom stereocenters. The number of hydrogen-bond donors (Lipinski definition) is 1. The Hall–Kier alpha value is -4.31. The van der Waals surface area contributed by atoms with Crippen LogP contribution in [0.4, 0.5) is 10.1 Å². The van der Waals surface area contributed by atoms with E-state index in [1.54, 1.807) is 42.5 Å². The third kappa shape index (κ3) is 5.98. The van der Waals surface area contributed by atoms with Crippen molar-refractivity contribution >= 4 is 39.2 Å². The number of nitrogens with one attached hydrogen (secondary N) is 1. The third-order valence-electron chi connectivity index (χ3n) is 4.87. The Morgan fingerprint density at radius 1 is 1.11 bits per heavy atom. The van der Waals surface area contributed by atoms with Crippen LogP contribution in [0.25, 0.3) is 10.1 Å². The number of carbonyl (C=O) groups excluding carboxylic acids is 1. The van der Waals surface area contributed by atoms with Crippen molar-refractivity contribution < 1.29 is 23.6 Å². The fourth-order valence-electron chi connectivity index (χ4n) is 3.26. The summed E-state index contributed by atoms with van der Waals surface area (Å²) in [5, 5.41) is 15.6. The largest absolute Gasteiger partial charge is 0.490 e. The van der Waals surface area contributed by atoms with E-state index in [-0.39, 0.29) is 18.1 Å². The molecule has 1 heterocycles. The smallest absolute Gasteiger partial charge is 0.281 e. The number of halogens is 1. The number of thiophene rings is 1. The maximum atomic E-state index is 13.4. The van der Waals surface area contributed by atoms with Crippen molar-refractivity contribution in [3.63, 3.8) is 0 Å². The summed E-state index contributed by atoms with van der Waals surface area (Å²) in [6, 6.07) is 17.4. The van der Waals surface area contributed by atoms with Gasteiger partial charge >= 0.3 is 0 Å². The molecule has 10 heteroatoms. The second-order valence-corrected chi connectivity index (χ2v) is 8.43. The van der Waals surface area contributed by atoms with Crippen LogP contribution in [0.15, 0.2) is 71.8 Å². The van der Waals surface area contributed by atoms with E-state index in [4.69, 9.17) is 9.47 Å². The molecule has 0 radical (unpaired) electrons. The van der Waals surface area contributed by atoms with Crippen LogP contribution in [0.3, 0.4) is 0 Å². The van der Waals surface area contributed by atoms with E-state index >= 15 is 0 Å². The first-order chi connectivity index (χ1) is 16.9. The van der Waals surface area contributed by atoms with Crippen molar-refractivity contribution in [1.29, 1.82) is 0 Å². The summed E-state index contributed by atoms with van der Waals surface area (Å²) in [5.41, 5.74) is 3.79. The lowest BCUT2D eigenvalue weighted by Gasteiger charge is -2.12. The van der Waals surface area contributed by atoms with Gasteiger partial charge in [-0.3, -0.25) is 14.9 Å². The Bertz CT molecular complexity index is 1420. The van der Waals surface area contributed by atoms with Gasteiger partial charge in [0.2, 0.25) is 0 Å². The number of benzene rings is 3. The van der Waals surface area contributed by atoms with Gasteiger partial charge in [-0.1, -0.05) is 12.1 Å².